The zero-order valence-corrected chi connectivity index (χ0v) is 23.0. The first-order valence-corrected chi connectivity index (χ1v) is 14.4. The lowest BCUT2D eigenvalue weighted by molar-refractivity contribution is -0.121. The first kappa shape index (κ1) is 24.9. The molecular weight excluding hydrogens is 532 g/mol. The number of carbonyl (C=O) groups excluding carboxylic acids is 1. The lowest BCUT2D eigenvalue weighted by Crippen LogP contribution is -2.39. The van der Waals surface area contributed by atoms with Gasteiger partial charge in [-0.3, -0.25) is 9.59 Å². The zero-order valence-electron chi connectivity index (χ0n) is 23.0. The van der Waals surface area contributed by atoms with Crippen LogP contribution in [0.1, 0.15) is 25.3 Å². The highest BCUT2D eigenvalue weighted by molar-refractivity contribution is 5.98. The van der Waals surface area contributed by atoms with E-state index in [2.05, 4.69) is 50.7 Å². The third-order valence-corrected chi connectivity index (χ3v) is 8.41. The van der Waals surface area contributed by atoms with Gasteiger partial charge in [0.1, 0.15) is 11.1 Å². The number of carbonyl (C=O) groups is 1. The Kier molecular flexibility index (Phi) is 5.85. The van der Waals surface area contributed by atoms with Crippen molar-refractivity contribution < 1.29 is 9.53 Å². The van der Waals surface area contributed by atoms with E-state index in [4.69, 9.17) is 9.72 Å². The summed E-state index contributed by atoms with van der Waals surface area (Å²) < 4.78 is 11.5. The van der Waals surface area contributed by atoms with E-state index in [0.29, 0.717) is 53.2 Å². The average molecular weight is 563 g/mol. The van der Waals surface area contributed by atoms with Crippen molar-refractivity contribution in [2.75, 3.05) is 36.5 Å². The van der Waals surface area contributed by atoms with Gasteiger partial charge in [-0.2, -0.15) is 4.98 Å². The lowest BCUT2D eigenvalue weighted by Gasteiger charge is -2.30. The summed E-state index contributed by atoms with van der Waals surface area (Å²) in [5.41, 5.74) is 3.79. The fourth-order valence-corrected chi connectivity index (χ4v) is 6.31. The minimum atomic E-state index is -0.177. The summed E-state index contributed by atoms with van der Waals surface area (Å²) in [6.07, 6.45) is 10.5. The summed E-state index contributed by atoms with van der Waals surface area (Å²) in [5, 5.41) is 8.34. The first-order valence-electron chi connectivity index (χ1n) is 14.4. The fraction of sp³-hybridized carbons (Fsp3) is 0.290. The Morgan fingerprint density at radius 1 is 1.07 bits per heavy atom. The summed E-state index contributed by atoms with van der Waals surface area (Å²) in [4.78, 5) is 37.4. The first-order chi connectivity index (χ1) is 20.6. The van der Waals surface area contributed by atoms with Crippen molar-refractivity contribution in [1.29, 1.82) is 0 Å². The molecule has 3 aromatic heterocycles. The van der Waals surface area contributed by atoms with Crippen LogP contribution in [0.25, 0.3) is 27.6 Å². The molecule has 8 rings (SSSR count). The minimum Gasteiger partial charge on any atom is -0.482 e. The maximum absolute atomic E-state index is 13.6. The lowest BCUT2D eigenvalue weighted by atomic mass is 10.1. The molecule has 0 aliphatic carbocycles. The number of rotatable bonds is 3. The van der Waals surface area contributed by atoms with Gasteiger partial charge in [0.15, 0.2) is 12.3 Å². The van der Waals surface area contributed by atoms with Gasteiger partial charge in [0.05, 0.1) is 17.9 Å². The second-order valence-electron chi connectivity index (χ2n) is 11.0. The van der Waals surface area contributed by atoms with Gasteiger partial charge in [-0.05, 0) is 68.3 Å². The van der Waals surface area contributed by atoms with Crippen molar-refractivity contribution in [3.05, 3.63) is 77.4 Å². The molecule has 6 heterocycles. The van der Waals surface area contributed by atoms with Crippen LogP contribution in [0.2, 0.25) is 0 Å². The second kappa shape index (κ2) is 9.88. The van der Waals surface area contributed by atoms with Crippen LogP contribution < -0.4 is 25.8 Å². The van der Waals surface area contributed by atoms with Gasteiger partial charge < -0.3 is 24.8 Å². The number of ether oxygens (including phenoxy) is 1. The standard InChI is InChI=1S/C31H30N8O3/c40-28-19-42-27-8-6-22-16-26(27)37(28)12-3-1-2-4-13-38-30(41)24-18-33-31(35-29(24)39(22)38)34-21-5-7-25-20(15-21)10-14-36(25)23-9-11-32-17-23/h2,4-8,10,14-16,18,23,32H,1,3,9,11-13,17,19H2,(H,33,34,35)/b4-2-. The normalized spacial score (nSPS) is 19.3. The van der Waals surface area contributed by atoms with Crippen LogP contribution >= 0.6 is 0 Å². The predicted molar refractivity (Wildman–Crippen MR) is 161 cm³/mol. The molecule has 1 saturated heterocycles. The van der Waals surface area contributed by atoms with Crippen molar-refractivity contribution in [2.45, 2.75) is 31.8 Å². The number of hydrogen-bond donors (Lipinski definition) is 2. The summed E-state index contributed by atoms with van der Waals surface area (Å²) in [7, 11) is 0. The fourth-order valence-electron chi connectivity index (χ4n) is 6.31. The van der Waals surface area contributed by atoms with Crippen LogP contribution in [0.15, 0.2) is 71.8 Å². The van der Waals surface area contributed by atoms with Crippen LogP contribution in [0.3, 0.4) is 0 Å². The molecule has 1 atom stereocenters. The molecule has 212 valence electrons. The Morgan fingerprint density at radius 2 is 2.02 bits per heavy atom. The highest BCUT2D eigenvalue weighted by Gasteiger charge is 2.27. The van der Waals surface area contributed by atoms with Gasteiger partial charge in [0.25, 0.3) is 11.5 Å². The number of fused-ring (bicyclic) bond motifs is 6. The number of allylic oxidation sites excluding steroid dienone is 2. The maximum atomic E-state index is 13.6. The molecule has 3 aliphatic heterocycles. The van der Waals surface area contributed by atoms with E-state index < -0.39 is 0 Å². The van der Waals surface area contributed by atoms with E-state index in [9.17, 15) is 9.59 Å². The van der Waals surface area contributed by atoms with E-state index >= 15 is 0 Å². The minimum absolute atomic E-state index is 0.0237. The second-order valence-corrected chi connectivity index (χ2v) is 11.0. The van der Waals surface area contributed by atoms with Crippen LogP contribution in [0.5, 0.6) is 5.75 Å². The topological polar surface area (TPSA) is 111 Å². The van der Waals surface area contributed by atoms with Crippen molar-refractivity contribution in [2.24, 2.45) is 0 Å². The smallest absolute Gasteiger partial charge is 0.278 e. The summed E-state index contributed by atoms with van der Waals surface area (Å²) in [6.45, 7) is 3.04. The highest BCUT2D eigenvalue weighted by Crippen LogP contribution is 2.35. The van der Waals surface area contributed by atoms with Gasteiger partial charge in [0.2, 0.25) is 5.95 Å². The Morgan fingerprint density at radius 3 is 2.93 bits per heavy atom. The Hall–Kier alpha value is -4.90. The molecule has 2 aromatic carbocycles. The molecule has 0 spiro atoms. The van der Waals surface area contributed by atoms with Crippen LogP contribution in [-0.4, -0.2) is 56.0 Å². The quantitative estimate of drug-likeness (QED) is 0.321. The molecular formula is C31H30N8O3. The molecule has 2 bridgehead atoms. The van der Waals surface area contributed by atoms with Crippen LogP contribution in [0.4, 0.5) is 17.3 Å². The number of nitrogens with zero attached hydrogens (tertiary/aromatic N) is 6. The number of anilines is 3. The molecule has 0 saturated carbocycles. The molecule has 5 aromatic rings. The van der Waals surface area contributed by atoms with Gasteiger partial charge in [0, 0.05) is 48.1 Å². The number of benzene rings is 2. The van der Waals surface area contributed by atoms with Gasteiger partial charge >= 0.3 is 0 Å². The zero-order chi connectivity index (χ0) is 28.2. The number of hydrogen-bond acceptors (Lipinski definition) is 7. The van der Waals surface area contributed by atoms with Gasteiger partial charge in [-0.1, -0.05) is 12.2 Å². The van der Waals surface area contributed by atoms with Crippen LogP contribution in [-0.2, 0) is 11.3 Å². The Labute approximate surface area is 241 Å². The van der Waals surface area contributed by atoms with Crippen molar-refractivity contribution >= 4 is 45.2 Å². The van der Waals surface area contributed by atoms with E-state index in [1.807, 2.05) is 35.0 Å². The third kappa shape index (κ3) is 4.07. The van der Waals surface area contributed by atoms with Gasteiger partial charge in [-0.15, -0.1) is 0 Å². The number of amides is 1. The predicted octanol–water partition coefficient (Wildman–Crippen LogP) is 3.89. The summed E-state index contributed by atoms with van der Waals surface area (Å²) in [5.74, 6) is 0.972. The third-order valence-electron chi connectivity index (χ3n) is 8.41. The monoisotopic (exact) mass is 562 g/mol. The molecule has 42 heavy (non-hydrogen) atoms. The van der Waals surface area contributed by atoms with E-state index in [1.54, 1.807) is 15.8 Å². The summed E-state index contributed by atoms with van der Waals surface area (Å²) in [6, 6.07) is 14.5. The van der Waals surface area contributed by atoms with Crippen molar-refractivity contribution in [3.8, 4) is 11.4 Å². The molecule has 1 amide bonds. The SMILES string of the molecule is O=C1COc2ccc3cc2N1CCC/C=C\Cn1c(=O)c2cnc(Nc4ccc5c(ccn5C5CCNC5)c4)nc2n1-3. The van der Waals surface area contributed by atoms with Crippen molar-refractivity contribution in [1.82, 2.24) is 29.2 Å². The highest BCUT2D eigenvalue weighted by atomic mass is 16.5. The largest absolute Gasteiger partial charge is 0.482 e. The Balaban J connectivity index is 1.21. The van der Waals surface area contributed by atoms with E-state index in [0.717, 1.165) is 43.4 Å². The molecule has 2 N–H and O–H groups in total. The van der Waals surface area contributed by atoms with Crippen molar-refractivity contribution in [3.63, 3.8) is 0 Å². The number of aromatic nitrogens is 5. The molecule has 3 aliphatic rings. The van der Waals surface area contributed by atoms with Crippen LogP contribution in [0, 0.1) is 0 Å². The molecule has 1 unspecified atom stereocenters. The Bertz CT molecular complexity index is 1950. The van der Waals surface area contributed by atoms with E-state index in [-0.39, 0.29) is 18.1 Å². The molecule has 1 fully saturated rings. The maximum Gasteiger partial charge on any atom is 0.278 e. The number of nitrogens with one attached hydrogen (secondary N) is 2. The average Bonchev–Trinajstić information content (AvgIpc) is 3.73. The molecule has 11 nitrogen and oxygen atoms in total. The molecule has 11 heteroatoms. The molecule has 0 radical (unpaired) electrons. The van der Waals surface area contributed by atoms with Gasteiger partial charge in [-0.25, -0.2) is 14.3 Å². The van der Waals surface area contributed by atoms with E-state index in [1.165, 1.54) is 5.52 Å². The summed E-state index contributed by atoms with van der Waals surface area (Å²) >= 11 is 0.